The van der Waals surface area contributed by atoms with Crippen LogP contribution in [0.2, 0.25) is 0 Å². The van der Waals surface area contributed by atoms with Gasteiger partial charge in [0.15, 0.2) is 0 Å². The zero-order chi connectivity index (χ0) is 18.8. The molecule has 1 atom stereocenters. The largest absolute Gasteiger partial charge is 0.341 e. The van der Waals surface area contributed by atoms with Crippen LogP contribution >= 0.6 is 0 Å². The van der Waals surface area contributed by atoms with Gasteiger partial charge >= 0.3 is 0 Å². The molecule has 1 N–H and O–H groups in total. The lowest BCUT2D eigenvalue weighted by Gasteiger charge is -2.19. The van der Waals surface area contributed by atoms with Gasteiger partial charge in [-0.1, -0.05) is 30.3 Å². The third-order valence-electron chi connectivity index (χ3n) is 4.33. The first-order chi connectivity index (χ1) is 13.1. The monoisotopic (exact) mass is 361 g/mol. The number of nitrogens with zero attached hydrogens (tertiary/aromatic N) is 6. The fourth-order valence-electron chi connectivity index (χ4n) is 3.12. The molecule has 3 aromatic heterocycles. The summed E-state index contributed by atoms with van der Waals surface area (Å²) in [5, 5.41) is 15.4. The summed E-state index contributed by atoms with van der Waals surface area (Å²) in [6.45, 7) is 4.30. The molecule has 1 aromatic carbocycles. The second kappa shape index (κ2) is 6.99. The molecule has 0 spiro atoms. The number of aromatic nitrogens is 6. The van der Waals surface area contributed by atoms with Gasteiger partial charge in [-0.2, -0.15) is 5.10 Å². The van der Waals surface area contributed by atoms with Gasteiger partial charge in [-0.05, 0) is 31.5 Å². The van der Waals surface area contributed by atoms with Crippen LogP contribution in [0, 0.1) is 13.8 Å². The van der Waals surface area contributed by atoms with Gasteiger partial charge < -0.3 is 5.32 Å². The molecule has 8 heteroatoms. The number of hydrogen-bond acceptors (Lipinski definition) is 5. The Morgan fingerprint density at radius 2 is 1.96 bits per heavy atom. The summed E-state index contributed by atoms with van der Waals surface area (Å²) in [5.74, 6) is 0.328. The van der Waals surface area contributed by atoms with Crippen LogP contribution in [-0.2, 0) is 6.54 Å². The summed E-state index contributed by atoms with van der Waals surface area (Å²) in [6.07, 6.45) is 3.58. The molecule has 0 saturated carbocycles. The lowest BCUT2D eigenvalue weighted by atomic mass is 10.1. The van der Waals surface area contributed by atoms with Crippen LogP contribution in [0.5, 0.6) is 0 Å². The van der Waals surface area contributed by atoms with E-state index in [1.54, 1.807) is 15.3 Å². The smallest absolute Gasteiger partial charge is 0.290 e. The van der Waals surface area contributed by atoms with E-state index in [9.17, 15) is 4.79 Å². The molecule has 4 rings (SSSR count). The Kier molecular flexibility index (Phi) is 4.37. The van der Waals surface area contributed by atoms with Crippen LogP contribution in [-0.4, -0.2) is 35.3 Å². The van der Waals surface area contributed by atoms with Gasteiger partial charge in [0, 0.05) is 23.8 Å². The molecule has 0 aliphatic carbocycles. The number of hydrogen-bond donors (Lipinski definition) is 1. The van der Waals surface area contributed by atoms with E-state index in [1.807, 2.05) is 62.5 Å². The molecule has 3 heterocycles. The Balaban J connectivity index is 1.66. The van der Waals surface area contributed by atoms with Gasteiger partial charge in [0.25, 0.3) is 11.7 Å². The van der Waals surface area contributed by atoms with Crippen LogP contribution < -0.4 is 5.32 Å². The highest BCUT2D eigenvalue weighted by Crippen LogP contribution is 2.16. The average Bonchev–Trinajstić information content (AvgIpc) is 3.31. The van der Waals surface area contributed by atoms with Crippen LogP contribution in [0.15, 0.2) is 54.9 Å². The lowest BCUT2D eigenvalue weighted by Crippen LogP contribution is -2.33. The van der Waals surface area contributed by atoms with E-state index < -0.39 is 0 Å². The number of carbonyl (C=O) groups is 1. The van der Waals surface area contributed by atoms with E-state index >= 15 is 0 Å². The molecule has 0 aliphatic rings. The number of fused-ring (bicyclic) bond motifs is 1. The Labute approximate surface area is 155 Å². The third-order valence-corrected chi connectivity index (χ3v) is 4.33. The van der Waals surface area contributed by atoms with E-state index in [2.05, 4.69) is 25.6 Å². The van der Waals surface area contributed by atoms with Gasteiger partial charge in [-0.25, -0.2) is 4.98 Å². The van der Waals surface area contributed by atoms with Gasteiger partial charge in [0.05, 0.1) is 12.6 Å². The molecule has 0 fully saturated rings. The molecule has 1 unspecified atom stereocenters. The minimum Gasteiger partial charge on any atom is -0.341 e. The minimum absolute atomic E-state index is 0.219. The summed E-state index contributed by atoms with van der Waals surface area (Å²) in [6, 6.07) is 13.3. The second-order valence-corrected chi connectivity index (χ2v) is 6.36. The number of benzene rings is 1. The van der Waals surface area contributed by atoms with Crippen LogP contribution in [0.3, 0.4) is 0 Å². The first-order valence-corrected chi connectivity index (χ1v) is 8.64. The topological polar surface area (TPSA) is 90.0 Å². The third kappa shape index (κ3) is 3.41. The number of carbonyl (C=O) groups excluding carboxylic acids is 1. The first-order valence-electron chi connectivity index (χ1n) is 8.64. The van der Waals surface area contributed by atoms with Gasteiger partial charge in [0.1, 0.15) is 0 Å². The van der Waals surface area contributed by atoms with E-state index in [0.29, 0.717) is 12.3 Å². The van der Waals surface area contributed by atoms with Crippen molar-refractivity contribution in [1.29, 1.82) is 0 Å². The maximum absolute atomic E-state index is 13.0. The summed E-state index contributed by atoms with van der Waals surface area (Å²) in [7, 11) is 0. The number of amides is 1. The maximum atomic E-state index is 13.0. The average molecular weight is 361 g/mol. The zero-order valence-corrected chi connectivity index (χ0v) is 15.1. The van der Waals surface area contributed by atoms with Crippen molar-refractivity contribution in [2.45, 2.75) is 26.4 Å². The van der Waals surface area contributed by atoms with E-state index in [0.717, 1.165) is 17.0 Å². The standard InChI is InChI=1S/C19H19N7O/c1-13-11-14(2)26-17(23-24-19(26)21-13)18(27)22-16(12-25-10-6-9-20-25)15-7-4-3-5-8-15/h3-11,16H,12H2,1-2H3,(H,22,27). The molecule has 0 bridgehead atoms. The van der Waals surface area contributed by atoms with E-state index in [-0.39, 0.29) is 17.8 Å². The maximum Gasteiger partial charge on any atom is 0.290 e. The van der Waals surface area contributed by atoms with Crippen LogP contribution in [0.25, 0.3) is 5.78 Å². The Morgan fingerprint density at radius 3 is 2.70 bits per heavy atom. The predicted molar refractivity (Wildman–Crippen MR) is 99.1 cm³/mol. The molecular weight excluding hydrogens is 342 g/mol. The van der Waals surface area contributed by atoms with Gasteiger partial charge in [0.2, 0.25) is 5.82 Å². The molecule has 0 radical (unpaired) electrons. The van der Waals surface area contributed by atoms with Crippen LogP contribution in [0.4, 0.5) is 0 Å². The quantitative estimate of drug-likeness (QED) is 0.588. The first kappa shape index (κ1) is 16.9. The van der Waals surface area contributed by atoms with Crippen LogP contribution in [0.1, 0.15) is 33.6 Å². The molecule has 0 aliphatic heterocycles. The number of aryl methyl sites for hydroxylation is 2. The summed E-state index contributed by atoms with van der Waals surface area (Å²) in [4.78, 5) is 17.3. The Bertz CT molecular complexity index is 1070. The molecule has 0 saturated heterocycles. The Hall–Kier alpha value is -3.55. The fourth-order valence-corrected chi connectivity index (χ4v) is 3.12. The van der Waals surface area contributed by atoms with Crippen molar-refractivity contribution in [3.8, 4) is 0 Å². The zero-order valence-electron chi connectivity index (χ0n) is 15.1. The highest BCUT2D eigenvalue weighted by Gasteiger charge is 2.21. The van der Waals surface area contributed by atoms with Gasteiger partial charge in [-0.3, -0.25) is 13.9 Å². The normalized spacial score (nSPS) is 12.2. The fraction of sp³-hybridized carbons (Fsp3) is 0.211. The van der Waals surface area contributed by atoms with E-state index in [1.165, 1.54) is 0 Å². The van der Waals surface area contributed by atoms with Crippen molar-refractivity contribution in [2.75, 3.05) is 0 Å². The van der Waals surface area contributed by atoms with Crippen molar-refractivity contribution in [3.63, 3.8) is 0 Å². The van der Waals surface area contributed by atoms with Crippen molar-refractivity contribution in [3.05, 3.63) is 77.6 Å². The van der Waals surface area contributed by atoms with Crippen molar-refractivity contribution in [1.82, 2.24) is 34.7 Å². The number of rotatable bonds is 5. The Morgan fingerprint density at radius 1 is 1.15 bits per heavy atom. The molecule has 4 aromatic rings. The predicted octanol–water partition coefficient (Wildman–Crippen LogP) is 2.11. The minimum atomic E-state index is -0.308. The molecular formula is C19H19N7O. The molecule has 1 amide bonds. The highest BCUT2D eigenvalue weighted by molar-refractivity contribution is 5.91. The van der Waals surface area contributed by atoms with Crippen molar-refractivity contribution >= 4 is 11.7 Å². The summed E-state index contributed by atoms with van der Waals surface area (Å²) >= 11 is 0. The van der Waals surface area contributed by atoms with Crippen molar-refractivity contribution < 1.29 is 4.79 Å². The van der Waals surface area contributed by atoms with E-state index in [4.69, 9.17) is 0 Å². The number of nitrogens with one attached hydrogen (secondary N) is 1. The molecule has 8 nitrogen and oxygen atoms in total. The molecule has 27 heavy (non-hydrogen) atoms. The lowest BCUT2D eigenvalue weighted by molar-refractivity contribution is 0.0920. The summed E-state index contributed by atoms with van der Waals surface area (Å²) < 4.78 is 3.45. The van der Waals surface area contributed by atoms with Crippen molar-refractivity contribution in [2.24, 2.45) is 0 Å². The second-order valence-electron chi connectivity index (χ2n) is 6.36. The van der Waals surface area contributed by atoms with Gasteiger partial charge in [-0.15, -0.1) is 10.2 Å². The summed E-state index contributed by atoms with van der Waals surface area (Å²) in [5.41, 5.74) is 2.68. The SMILES string of the molecule is Cc1cc(C)n2c(C(=O)NC(Cn3cccn3)c3ccccc3)nnc2n1. The highest BCUT2D eigenvalue weighted by atomic mass is 16.2. The molecule has 136 valence electrons.